The van der Waals surface area contributed by atoms with Gasteiger partial charge in [-0.2, -0.15) is 4.98 Å². The first kappa shape index (κ1) is 18.0. The van der Waals surface area contributed by atoms with Gasteiger partial charge in [0.2, 0.25) is 5.89 Å². The van der Waals surface area contributed by atoms with Gasteiger partial charge in [0.15, 0.2) is 5.82 Å². The average molecular weight is 348 g/mol. The number of rotatable bonds is 6. The van der Waals surface area contributed by atoms with Crippen LogP contribution in [-0.4, -0.2) is 57.8 Å². The molecule has 7 heteroatoms. The summed E-state index contributed by atoms with van der Waals surface area (Å²) in [6, 6.07) is 6.40. The average Bonchev–Trinajstić information content (AvgIpc) is 3.00. The highest BCUT2D eigenvalue weighted by molar-refractivity contribution is 5.18. The van der Waals surface area contributed by atoms with E-state index in [1.54, 1.807) is 19.1 Å². The highest BCUT2D eigenvalue weighted by Gasteiger charge is 2.25. The van der Waals surface area contributed by atoms with Crippen LogP contribution in [-0.2, 0) is 6.54 Å². The minimum absolute atomic E-state index is 0.288. The van der Waals surface area contributed by atoms with Crippen molar-refractivity contribution in [1.29, 1.82) is 0 Å². The Morgan fingerprint density at radius 2 is 2.16 bits per heavy atom. The molecule has 3 rings (SSSR count). The number of hydrogen-bond donors (Lipinski definition) is 1. The molecule has 0 saturated carbocycles. The van der Waals surface area contributed by atoms with E-state index >= 15 is 0 Å². The summed E-state index contributed by atoms with van der Waals surface area (Å²) in [5.74, 6) is 1.01. The molecule has 6 nitrogen and oxygen atoms in total. The third-order valence-corrected chi connectivity index (χ3v) is 4.75. The number of nitrogens with zero attached hydrogens (tertiary/aromatic N) is 4. The molecule has 0 spiro atoms. The first-order valence-corrected chi connectivity index (χ1v) is 8.66. The molecule has 1 aromatic heterocycles. The van der Waals surface area contributed by atoms with Crippen LogP contribution in [0.4, 0.5) is 4.39 Å². The summed E-state index contributed by atoms with van der Waals surface area (Å²) in [7, 11) is 2.03. The molecule has 1 aliphatic heterocycles. The van der Waals surface area contributed by atoms with Gasteiger partial charge in [-0.15, -0.1) is 0 Å². The van der Waals surface area contributed by atoms with Crippen LogP contribution in [0.2, 0.25) is 0 Å². The molecule has 1 aromatic carbocycles. The number of halogens is 1. The molecule has 136 valence electrons. The van der Waals surface area contributed by atoms with Gasteiger partial charge < -0.3 is 9.63 Å². The lowest BCUT2D eigenvalue weighted by molar-refractivity contribution is 0.0638. The smallest absolute Gasteiger partial charge is 0.223 e. The van der Waals surface area contributed by atoms with Gasteiger partial charge in [-0.3, -0.25) is 9.80 Å². The van der Waals surface area contributed by atoms with E-state index in [9.17, 15) is 9.50 Å². The van der Waals surface area contributed by atoms with Crippen LogP contribution in [0.1, 0.15) is 36.2 Å². The van der Waals surface area contributed by atoms with Crippen molar-refractivity contribution in [1.82, 2.24) is 19.9 Å². The van der Waals surface area contributed by atoms with Crippen molar-refractivity contribution >= 4 is 0 Å². The topological polar surface area (TPSA) is 65.6 Å². The van der Waals surface area contributed by atoms with E-state index in [0.717, 1.165) is 31.5 Å². The van der Waals surface area contributed by atoms with Gasteiger partial charge in [-0.05, 0) is 44.1 Å². The lowest BCUT2D eigenvalue weighted by Gasteiger charge is -2.38. The second kappa shape index (κ2) is 8.03. The normalized spacial score (nSPS) is 20.1. The molecule has 1 fully saturated rings. The van der Waals surface area contributed by atoms with E-state index in [0.29, 0.717) is 30.8 Å². The zero-order valence-electron chi connectivity index (χ0n) is 14.7. The molecule has 1 saturated heterocycles. The van der Waals surface area contributed by atoms with Gasteiger partial charge in [-0.1, -0.05) is 17.3 Å². The highest BCUT2D eigenvalue weighted by atomic mass is 19.1. The zero-order valence-corrected chi connectivity index (χ0v) is 14.7. The van der Waals surface area contributed by atoms with E-state index in [4.69, 9.17) is 4.52 Å². The molecular weight excluding hydrogens is 323 g/mol. The molecule has 0 aliphatic carbocycles. The second-order valence-corrected chi connectivity index (χ2v) is 6.77. The third kappa shape index (κ3) is 4.84. The lowest BCUT2D eigenvalue weighted by atomic mass is 10.0. The molecule has 25 heavy (non-hydrogen) atoms. The number of hydrogen-bond acceptors (Lipinski definition) is 6. The molecule has 0 bridgehead atoms. The molecule has 2 aromatic rings. The quantitative estimate of drug-likeness (QED) is 0.863. The second-order valence-electron chi connectivity index (χ2n) is 6.77. The van der Waals surface area contributed by atoms with E-state index in [2.05, 4.69) is 19.9 Å². The Hall–Kier alpha value is -1.83. The summed E-state index contributed by atoms with van der Waals surface area (Å²) in [4.78, 5) is 8.77. The van der Waals surface area contributed by atoms with Crippen molar-refractivity contribution < 1.29 is 14.0 Å². The van der Waals surface area contributed by atoms with Crippen LogP contribution in [0.5, 0.6) is 0 Å². The largest absolute Gasteiger partial charge is 0.387 e. The molecule has 1 N–H and O–H groups in total. The summed E-state index contributed by atoms with van der Waals surface area (Å²) in [5.41, 5.74) is 0.739. The maximum Gasteiger partial charge on any atom is 0.223 e. The van der Waals surface area contributed by atoms with Crippen molar-refractivity contribution in [2.24, 2.45) is 0 Å². The van der Waals surface area contributed by atoms with Crippen molar-refractivity contribution in [2.75, 3.05) is 26.7 Å². The van der Waals surface area contributed by atoms with E-state index in [-0.39, 0.29) is 5.82 Å². The van der Waals surface area contributed by atoms with Crippen molar-refractivity contribution in [3.8, 4) is 0 Å². The van der Waals surface area contributed by atoms with Crippen LogP contribution in [0.15, 0.2) is 28.8 Å². The molecule has 2 heterocycles. The predicted octanol–water partition coefficient (Wildman–Crippen LogP) is 2.15. The lowest BCUT2D eigenvalue weighted by Crippen LogP contribution is -2.47. The van der Waals surface area contributed by atoms with Crippen LogP contribution in [0.25, 0.3) is 0 Å². The molecular formula is C18H25FN4O2. The number of benzene rings is 1. The van der Waals surface area contributed by atoms with Crippen LogP contribution in [0, 0.1) is 12.7 Å². The number of aromatic nitrogens is 2. The molecule has 0 unspecified atom stereocenters. The maximum atomic E-state index is 13.0. The predicted molar refractivity (Wildman–Crippen MR) is 91.3 cm³/mol. The molecule has 2 atom stereocenters. The summed E-state index contributed by atoms with van der Waals surface area (Å²) in [6.45, 7) is 4.91. The van der Waals surface area contributed by atoms with Gasteiger partial charge >= 0.3 is 0 Å². The summed E-state index contributed by atoms with van der Waals surface area (Å²) in [5, 5.41) is 14.4. The Bertz CT molecular complexity index is 676. The Labute approximate surface area is 147 Å². The van der Waals surface area contributed by atoms with E-state index in [1.807, 2.05) is 7.05 Å². The number of piperidine rings is 1. The highest BCUT2D eigenvalue weighted by Crippen LogP contribution is 2.20. The monoisotopic (exact) mass is 348 g/mol. The SMILES string of the molecule is Cc1nc(CN2CCC[C@H](N(C)C[C@H](O)c3ccc(F)cc3)C2)no1. The minimum Gasteiger partial charge on any atom is -0.387 e. The summed E-state index contributed by atoms with van der Waals surface area (Å²) < 4.78 is 18.0. The summed E-state index contributed by atoms with van der Waals surface area (Å²) >= 11 is 0. The van der Waals surface area contributed by atoms with E-state index < -0.39 is 6.10 Å². The first-order valence-electron chi connectivity index (χ1n) is 8.66. The maximum absolute atomic E-state index is 13.0. The standard InChI is InChI=1S/C18H25FN4O2/c1-13-20-18(21-25-13)12-23-9-3-4-16(10-23)22(2)11-17(24)14-5-7-15(19)8-6-14/h5-8,16-17,24H,3-4,9-12H2,1-2H3/t16-,17-/m0/s1. The fourth-order valence-corrected chi connectivity index (χ4v) is 3.35. The fourth-order valence-electron chi connectivity index (χ4n) is 3.35. The van der Waals surface area contributed by atoms with Gasteiger partial charge in [0.05, 0.1) is 12.6 Å². The molecule has 0 amide bonds. The number of likely N-dealkylation sites (tertiary alicyclic amines) is 1. The number of aliphatic hydroxyl groups excluding tert-OH is 1. The van der Waals surface area contributed by atoms with Crippen molar-refractivity contribution in [3.05, 3.63) is 47.4 Å². The van der Waals surface area contributed by atoms with Crippen molar-refractivity contribution in [2.45, 2.75) is 38.5 Å². The van der Waals surface area contributed by atoms with Crippen molar-refractivity contribution in [3.63, 3.8) is 0 Å². The zero-order chi connectivity index (χ0) is 17.8. The summed E-state index contributed by atoms with van der Waals surface area (Å²) in [6.07, 6.45) is 1.56. The Morgan fingerprint density at radius 1 is 1.40 bits per heavy atom. The van der Waals surface area contributed by atoms with Crippen LogP contribution in [0.3, 0.4) is 0 Å². The Balaban J connectivity index is 1.54. The van der Waals surface area contributed by atoms with Gasteiger partial charge in [0, 0.05) is 26.1 Å². The van der Waals surface area contributed by atoms with Gasteiger partial charge in [0.1, 0.15) is 5.82 Å². The minimum atomic E-state index is -0.624. The van der Waals surface area contributed by atoms with Gasteiger partial charge in [-0.25, -0.2) is 4.39 Å². The van der Waals surface area contributed by atoms with E-state index in [1.165, 1.54) is 12.1 Å². The number of aryl methyl sites for hydroxylation is 1. The molecule has 1 aliphatic rings. The molecule has 0 radical (unpaired) electrons. The first-order chi connectivity index (χ1) is 12.0. The van der Waals surface area contributed by atoms with Crippen LogP contribution >= 0.6 is 0 Å². The van der Waals surface area contributed by atoms with Gasteiger partial charge in [0.25, 0.3) is 0 Å². The Kier molecular flexibility index (Phi) is 5.78. The fraction of sp³-hybridized carbons (Fsp3) is 0.556. The van der Waals surface area contributed by atoms with Crippen LogP contribution < -0.4 is 0 Å². The Morgan fingerprint density at radius 3 is 2.84 bits per heavy atom. The third-order valence-electron chi connectivity index (χ3n) is 4.75. The number of likely N-dealkylation sites (N-methyl/N-ethyl adjacent to an activating group) is 1. The number of aliphatic hydroxyl groups is 1.